The Labute approximate surface area is 321 Å². The monoisotopic (exact) mass is 770 g/mol. The van der Waals surface area contributed by atoms with E-state index in [-0.39, 0.29) is 46.5 Å². The highest BCUT2D eigenvalue weighted by Crippen LogP contribution is 2.45. The molecule has 1 saturated heterocycles. The molecular weight excluding hydrogens is 712 g/mol. The summed E-state index contributed by atoms with van der Waals surface area (Å²) in [4.78, 5) is 31.1. The van der Waals surface area contributed by atoms with Gasteiger partial charge in [-0.15, -0.1) is 4.36 Å². The summed E-state index contributed by atoms with van der Waals surface area (Å²) in [6, 6.07) is 10.9. The van der Waals surface area contributed by atoms with E-state index >= 15 is 0 Å². The minimum absolute atomic E-state index is 0.00664. The molecule has 2 bridgehead atoms. The van der Waals surface area contributed by atoms with E-state index < -0.39 is 27.5 Å². The number of halogens is 1. The number of amides is 3. The zero-order valence-electron chi connectivity index (χ0n) is 32.7. The maximum atomic E-state index is 14.5. The molecule has 3 heterocycles. The number of hydrogen-bond donors (Lipinski definition) is 2. The summed E-state index contributed by atoms with van der Waals surface area (Å²) in [6.45, 7) is 16.3. The molecule has 6 rings (SSSR count). The highest BCUT2D eigenvalue weighted by Gasteiger charge is 2.43. The molecule has 12 heteroatoms. The van der Waals surface area contributed by atoms with Gasteiger partial charge in [0.2, 0.25) is 0 Å². The first-order valence-corrected chi connectivity index (χ1v) is 21.2. The van der Waals surface area contributed by atoms with Gasteiger partial charge in [0, 0.05) is 55.2 Å². The lowest BCUT2D eigenvalue weighted by molar-refractivity contribution is -0.0450. The van der Waals surface area contributed by atoms with Crippen molar-refractivity contribution in [1.82, 2.24) is 9.62 Å². The van der Waals surface area contributed by atoms with Crippen LogP contribution in [-0.4, -0.2) is 83.5 Å². The molecule has 6 atom stereocenters. The van der Waals surface area contributed by atoms with Gasteiger partial charge in [-0.3, -0.25) is 9.52 Å². The van der Waals surface area contributed by atoms with Crippen LogP contribution in [-0.2, 0) is 26.5 Å². The van der Waals surface area contributed by atoms with Gasteiger partial charge in [0.05, 0.1) is 29.8 Å². The SMILES string of the molecule is CC.CO[C@H]1/C=C/C[C@H](C)CS(=O)(NC(=O)N2CC(C(C)(C)O)C2)=NC(=O)c2ccc3c(c2)N(C[C@H](C)[C@H]1C)C[C@@]1(CCCc2cc(Cl)ccc21)CO3. The largest absolute Gasteiger partial charge is 0.490 e. The minimum atomic E-state index is -3.53. The Morgan fingerprint density at radius 1 is 1.13 bits per heavy atom. The molecule has 0 radical (unpaired) electrons. The predicted octanol–water partition coefficient (Wildman–Crippen LogP) is 7.66. The van der Waals surface area contributed by atoms with E-state index in [1.54, 1.807) is 33.1 Å². The van der Waals surface area contributed by atoms with Crippen molar-refractivity contribution in [3.8, 4) is 5.75 Å². The Morgan fingerprint density at radius 3 is 2.57 bits per heavy atom. The Kier molecular flexibility index (Phi) is 12.9. The van der Waals surface area contributed by atoms with Crippen molar-refractivity contribution in [2.75, 3.05) is 50.5 Å². The van der Waals surface area contributed by atoms with Crippen molar-refractivity contribution in [1.29, 1.82) is 0 Å². The average Bonchev–Trinajstić information content (AvgIpc) is 3.21. The fourth-order valence-electron chi connectivity index (χ4n) is 8.03. The van der Waals surface area contributed by atoms with Gasteiger partial charge >= 0.3 is 6.03 Å². The number of benzene rings is 2. The Morgan fingerprint density at radius 2 is 1.87 bits per heavy atom. The average molecular weight is 771 g/mol. The molecule has 0 aromatic heterocycles. The maximum Gasteiger partial charge on any atom is 0.329 e. The first-order valence-electron chi connectivity index (χ1n) is 19.2. The van der Waals surface area contributed by atoms with Crippen LogP contribution in [0, 0.1) is 23.7 Å². The second-order valence-electron chi connectivity index (χ2n) is 16.0. The fourth-order valence-corrected chi connectivity index (χ4v) is 10.1. The number of rotatable bonds is 3. The molecular formula is C41H59ClN4O6S. The van der Waals surface area contributed by atoms with Crippen LogP contribution in [0.4, 0.5) is 10.5 Å². The van der Waals surface area contributed by atoms with E-state index in [1.807, 2.05) is 39.0 Å². The van der Waals surface area contributed by atoms with Crippen LogP contribution < -0.4 is 14.4 Å². The molecule has 4 aliphatic rings. The van der Waals surface area contributed by atoms with Crippen molar-refractivity contribution in [2.45, 2.75) is 91.3 Å². The molecule has 1 spiro atoms. The number of urea groups is 1. The van der Waals surface area contributed by atoms with Crippen LogP contribution in [0.5, 0.6) is 5.75 Å². The molecule has 1 fully saturated rings. The van der Waals surface area contributed by atoms with Crippen molar-refractivity contribution in [2.24, 2.45) is 28.0 Å². The zero-order valence-corrected chi connectivity index (χ0v) is 34.3. The van der Waals surface area contributed by atoms with Gasteiger partial charge in [0.15, 0.2) is 0 Å². The van der Waals surface area contributed by atoms with Gasteiger partial charge in [-0.1, -0.05) is 64.4 Å². The van der Waals surface area contributed by atoms with Crippen molar-refractivity contribution >= 4 is 39.1 Å². The molecule has 292 valence electrons. The van der Waals surface area contributed by atoms with Crippen molar-refractivity contribution in [3.05, 3.63) is 70.3 Å². The number of ether oxygens (including phenoxy) is 2. The van der Waals surface area contributed by atoms with E-state index in [0.717, 1.165) is 30.0 Å². The topological polar surface area (TPSA) is 121 Å². The van der Waals surface area contributed by atoms with Gasteiger partial charge in [0.25, 0.3) is 5.91 Å². The van der Waals surface area contributed by atoms with E-state index in [4.69, 9.17) is 21.1 Å². The number of anilines is 1. The fraction of sp³-hybridized carbons (Fsp3) is 0.610. The van der Waals surface area contributed by atoms with Crippen LogP contribution in [0.1, 0.15) is 89.2 Å². The van der Waals surface area contributed by atoms with Gasteiger partial charge in [0.1, 0.15) is 15.7 Å². The number of carbonyl (C=O) groups is 2. The highest BCUT2D eigenvalue weighted by atomic mass is 35.5. The molecule has 3 amide bonds. The lowest BCUT2D eigenvalue weighted by Crippen LogP contribution is -2.60. The number of aryl methyl sites for hydroxylation is 1. The normalized spacial score (nSPS) is 30.0. The third-order valence-corrected chi connectivity index (χ3v) is 13.7. The quantitative estimate of drug-likeness (QED) is 0.308. The van der Waals surface area contributed by atoms with Crippen LogP contribution >= 0.6 is 11.6 Å². The number of methoxy groups -OCH3 is 1. The van der Waals surface area contributed by atoms with E-state index in [1.165, 1.54) is 16.0 Å². The van der Waals surface area contributed by atoms with Crippen LogP contribution in [0.3, 0.4) is 0 Å². The molecule has 2 N–H and O–H groups in total. The van der Waals surface area contributed by atoms with E-state index in [9.17, 15) is 18.9 Å². The molecule has 2 aromatic carbocycles. The van der Waals surface area contributed by atoms with E-state index in [2.05, 4.69) is 46.0 Å². The molecule has 53 heavy (non-hydrogen) atoms. The molecule has 2 aromatic rings. The van der Waals surface area contributed by atoms with Crippen LogP contribution in [0.25, 0.3) is 0 Å². The summed E-state index contributed by atoms with van der Waals surface area (Å²) in [6.07, 6.45) is 7.46. The number of nitrogens with one attached hydrogen (secondary N) is 1. The second-order valence-corrected chi connectivity index (χ2v) is 18.4. The first-order chi connectivity index (χ1) is 25.1. The molecule has 1 aliphatic carbocycles. The number of nitrogens with zero attached hydrogens (tertiary/aromatic N) is 3. The molecule has 10 nitrogen and oxygen atoms in total. The number of fused-ring (bicyclic) bond motifs is 3. The van der Waals surface area contributed by atoms with Crippen molar-refractivity contribution < 1.29 is 28.4 Å². The summed E-state index contributed by atoms with van der Waals surface area (Å²) in [5.41, 5.74) is 2.34. The molecule has 0 saturated carbocycles. The summed E-state index contributed by atoms with van der Waals surface area (Å²) in [7, 11) is -1.80. The smallest absolute Gasteiger partial charge is 0.329 e. The Balaban J connectivity index is 0.00000266. The van der Waals surface area contributed by atoms with Crippen molar-refractivity contribution in [3.63, 3.8) is 0 Å². The molecule has 1 unspecified atom stereocenters. The third-order valence-electron chi connectivity index (χ3n) is 11.5. The Bertz CT molecular complexity index is 1800. The number of likely N-dealkylation sites (tertiary alicyclic amines) is 1. The van der Waals surface area contributed by atoms with Gasteiger partial charge in [-0.25, -0.2) is 9.00 Å². The third kappa shape index (κ3) is 9.23. The summed E-state index contributed by atoms with van der Waals surface area (Å²) < 4.78 is 34.0. The second kappa shape index (κ2) is 16.7. The first kappa shape index (κ1) is 41.1. The summed E-state index contributed by atoms with van der Waals surface area (Å²) in [5, 5.41) is 11.1. The summed E-state index contributed by atoms with van der Waals surface area (Å²) >= 11 is 6.45. The van der Waals surface area contributed by atoms with Gasteiger partial charge in [-0.05, 0) is 98.7 Å². The standard InChI is InChI=1S/C39H53ClN4O6S.C2H6/c1-25-9-7-11-34(49-6)27(3)26(2)19-44-23-39(16-8-10-28-17-31(40)13-14-32(28)39)24-50-35-15-12-29(18-33(35)44)36(45)41-51(48,22-25)42-37(46)43-20-30(21-43)38(4,5)47;1-2/h7,11-15,17-18,25-27,30,34,47H,8-10,16,19-24H2,1-6H3,(H,41,42,45,46,48);1-2H3/b11-7+;/t25-,26-,27+,34-,39-,51?;/m0./s1. The predicted molar refractivity (Wildman–Crippen MR) is 213 cm³/mol. The number of hydrogen-bond acceptors (Lipinski definition) is 7. The highest BCUT2D eigenvalue weighted by molar-refractivity contribution is 7.92. The zero-order chi connectivity index (χ0) is 38.7. The van der Waals surface area contributed by atoms with Crippen LogP contribution in [0.15, 0.2) is 52.9 Å². The Hall–Kier alpha value is -3.12. The van der Waals surface area contributed by atoms with Crippen LogP contribution in [0.2, 0.25) is 5.02 Å². The summed E-state index contributed by atoms with van der Waals surface area (Å²) in [5.74, 6) is 0.115. The minimum Gasteiger partial charge on any atom is -0.490 e. The number of allylic oxidation sites excluding steroid dienone is 1. The number of carbonyl (C=O) groups excluding carboxylic acids is 2. The van der Waals surface area contributed by atoms with Gasteiger partial charge in [-0.2, -0.15) is 0 Å². The number of aliphatic hydroxyl groups is 1. The molecule has 3 aliphatic heterocycles. The lowest BCUT2D eigenvalue weighted by atomic mass is 9.70. The van der Waals surface area contributed by atoms with Gasteiger partial charge < -0.3 is 24.4 Å². The maximum absolute atomic E-state index is 14.5. The lowest BCUT2D eigenvalue weighted by Gasteiger charge is -2.45. The van der Waals surface area contributed by atoms with E-state index in [0.29, 0.717) is 45.0 Å².